The normalized spacial score (nSPS) is 11.7. The number of nitrogens with one attached hydrogen (secondary N) is 1. The predicted molar refractivity (Wildman–Crippen MR) is 99.9 cm³/mol. The van der Waals surface area contributed by atoms with Gasteiger partial charge in [0.25, 0.3) is 5.91 Å². The lowest BCUT2D eigenvalue weighted by atomic mass is 10.1. The molecule has 3 aromatic rings. The molecule has 1 heterocycles. The van der Waals surface area contributed by atoms with E-state index in [1.165, 1.54) is 23.2 Å². The topological polar surface area (TPSA) is 58.4 Å². The van der Waals surface area contributed by atoms with Crippen molar-refractivity contribution in [2.45, 2.75) is 26.3 Å². The molecule has 9 heteroatoms. The van der Waals surface area contributed by atoms with Gasteiger partial charge in [-0.2, -0.15) is 4.98 Å². The molecule has 27 heavy (non-hydrogen) atoms. The second-order valence-corrected chi connectivity index (χ2v) is 7.68. The highest BCUT2D eigenvalue weighted by Gasteiger charge is 2.30. The number of carbonyl (C=O) groups is 1. The Labute approximate surface area is 163 Å². The molecule has 142 valence electrons. The van der Waals surface area contributed by atoms with Gasteiger partial charge in [0, 0.05) is 15.6 Å². The van der Waals surface area contributed by atoms with Gasteiger partial charge in [-0.25, -0.2) is 19.2 Å². The zero-order chi connectivity index (χ0) is 19.9. The fourth-order valence-corrected chi connectivity index (χ4v) is 2.94. The molecule has 2 aromatic carbocycles. The number of rotatable bonds is 3. The van der Waals surface area contributed by atoms with E-state index in [0.717, 1.165) is 12.1 Å². The van der Waals surface area contributed by atoms with E-state index >= 15 is 0 Å². The highest BCUT2D eigenvalue weighted by atomic mass is 35.5. The highest BCUT2D eigenvalue weighted by Crippen LogP contribution is 2.27. The zero-order valence-corrected chi connectivity index (χ0v) is 16.1. The van der Waals surface area contributed by atoms with Gasteiger partial charge in [0.05, 0.1) is 5.54 Å². The molecule has 0 fully saturated rings. The quantitative estimate of drug-likeness (QED) is 0.561. The van der Waals surface area contributed by atoms with Crippen LogP contribution in [0.1, 0.15) is 31.1 Å². The van der Waals surface area contributed by atoms with Crippen molar-refractivity contribution in [2.75, 3.05) is 5.43 Å². The molecule has 0 spiro atoms. The number of carbonyl (C=O) groups excluding carboxylic acids is 1. The Balaban J connectivity index is 2.00. The van der Waals surface area contributed by atoms with E-state index in [0.29, 0.717) is 10.0 Å². The van der Waals surface area contributed by atoms with Gasteiger partial charge in [-0.05, 0) is 51.1 Å². The van der Waals surface area contributed by atoms with Crippen LogP contribution < -0.4 is 5.43 Å². The molecular formula is C18H15Cl2F2N3O2. The molecule has 1 N–H and O–H groups in total. The summed E-state index contributed by atoms with van der Waals surface area (Å²) < 4.78 is 32.9. The molecular weight excluding hydrogens is 399 g/mol. The molecule has 0 unspecified atom stereocenters. The summed E-state index contributed by atoms with van der Waals surface area (Å²) in [7, 11) is 0. The average Bonchev–Trinajstić information content (AvgIpc) is 2.99. The minimum absolute atomic E-state index is 0.225. The number of amides is 1. The van der Waals surface area contributed by atoms with Gasteiger partial charge in [-0.1, -0.05) is 23.2 Å². The van der Waals surface area contributed by atoms with E-state index in [2.05, 4.69) is 10.4 Å². The number of hydrogen-bond donors (Lipinski definition) is 1. The smallest absolute Gasteiger partial charge is 0.315 e. The van der Waals surface area contributed by atoms with Crippen molar-refractivity contribution in [1.82, 2.24) is 9.99 Å². The molecule has 3 rings (SSSR count). The summed E-state index contributed by atoms with van der Waals surface area (Å²) in [5.74, 6) is -1.98. The van der Waals surface area contributed by atoms with Crippen LogP contribution in [0.5, 0.6) is 0 Å². The van der Waals surface area contributed by atoms with Crippen molar-refractivity contribution in [2.24, 2.45) is 0 Å². The highest BCUT2D eigenvalue weighted by molar-refractivity contribution is 6.35. The Hall–Kier alpha value is -2.38. The fraction of sp³-hybridized carbons (Fsp3) is 0.222. The number of aromatic nitrogens is 1. The van der Waals surface area contributed by atoms with E-state index in [1.807, 2.05) is 0 Å². The lowest BCUT2D eigenvalue weighted by Crippen LogP contribution is -2.49. The van der Waals surface area contributed by atoms with E-state index in [-0.39, 0.29) is 22.7 Å². The number of hydrogen-bond acceptors (Lipinski definition) is 4. The van der Waals surface area contributed by atoms with Gasteiger partial charge in [-0.3, -0.25) is 4.79 Å². The first-order chi connectivity index (χ1) is 12.6. The number of halogens is 4. The maximum absolute atomic E-state index is 13.8. The average molecular weight is 414 g/mol. The molecule has 1 amide bonds. The van der Waals surface area contributed by atoms with Crippen LogP contribution >= 0.6 is 23.2 Å². The maximum Gasteiger partial charge on any atom is 0.315 e. The van der Waals surface area contributed by atoms with E-state index in [4.69, 9.17) is 27.6 Å². The third-order valence-electron chi connectivity index (χ3n) is 3.64. The summed E-state index contributed by atoms with van der Waals surface area (Å²) in [5, 5.41) is 1.81. The fourth-order valence-electron chi connectivity index (χ4n) is 2.42. The van der Waals surface area contributed by atoms with Gasteiger partial charge in [0.15, 0.2) is 22.7 Å². The molecule has 1 aromatic heterocycles. The van der Waals surface area contributed by atoms with Gasteiger partial charge >= 0.3 is 6.01 Å². The Morgan fingerprint density at radius 2 is 1.70 bits per heavy atom. The lowest BCUT2D eigenvalue weighted by Gasteiger charge is -2.35. The van der Waals surface area contributed by atoms with Crippen molar-refractivity contribution < 1.29 is 18.0 Å². The maximum atomic E-state index is 13.8. The first-order valence-electron chi connectivity index (χ1n) is 7.88. The molecule has 0 saturated heterocycles. The third-order valence-corrected chi connectivity index (χ3v) is 4.07. The number of fused-ring (bicyclic) bond motifs is 1. The Morgan fingerprint density at radius 3 is 2.26 bits per heavy atom. The second-order valence-electron chi connectivity index (χ2n) is 6.81. The minimum atomic E-state index is -0.762. The summed E-state index contributed by atoms with van der Waals surface area (Å²) in [6.07, 6.45) is 0. The molecule has 0 aliphatic carbocycles. The van der Waals surface area contributed by atoms with Crippen molar-refractivity contribution in [3.05, 3.63) is 57.6 Å². The summed E-state index contributed by atoms with van der Waals surface area (Å²) in [4.78, 5) is 16.9. The molecule has 5 nitrogen and oxygen atoms in total. The number of nitrogens with zero attached hydrogens (tertiary/aromatic N) is 2. The number of hydrazine groups is 1. The predicted octanol–water partition coefficient (Wildman–Crippen LogP) is 5.68. The van der Waals surface area contributed by atoms with E-state index in [1.54, 1.807) is 20.8 Å². The summed E-state index contributed by atoms with van der Waals surface area (Å²) in [6.45, 7) is 5.27. The minimum Gasteiger partial charge on any atom is -0.419 e. The molecule has 0 bridgehead atoms. The van der Waals surface area contributed by atoms with Crippen molar-refractivity contribution in [3.8, 4) is 0 Å². The van der Waals surface area contributed by atoms with Crippen LogP contribution in [0.15, 0.2) is 34.7 Å². The van der Waals surface area contributed by atoms with Crippen LogP contribution in [0, 0.1) is 11.6 Å². The van der Waals surface area contributed by atoms with Gasteiger partial charge in [-0.15, -0.1) is 0 Å². The van der Waals surface area contributed by atoms with Gasteiger partial charge < -0.3 is 4.42 Å². The van der Waals surface area contributed by atoms with Crippen molar-refractivity contribution in [3.63, 3.8) is 0 Å². The Bertz CT molecular complexity index is 972. The summed E-state index contributed by atoms with van der Waals surface area (Å²) in [6, 6.07) is 6.08. The molecule has 0 aliphatic heterocycles. The number of benzene rings is 2. The SMILES string of the molecule is CC(C)(C)N(Nc1nc2c(F)ccc(F)c2o1)C(=O)c1cc(Cl)cc(Cl)c1. The first-order valence-corrected chi connectivity index (χ1v) is 8.63. The standard InChI is InChI=1S/C18H15Cl2F2N3O2/c1-18(2,3)25(16(26)9-6-10(19)8-11(20)7-9)24-17-23-14-12(21)4-5-13(22)15(14)27-17/h4-8H,1-3H3,(H,23,24). The monoisotopic (exact) mass is 413 g/mol. The molecule has 0 saturated carbocycles. The molecule has 0 aliphatic rings. The largest absolute Gasteiger partial charge is 0.419 e. The van der Waals surface area contributed by atoms with Crippen LogP contribution in [-0.4, -0.2) is 21.4 Å². The van der Waals surface area contributed by atoms with Crippen LogP contribution in [0.25, 0.3) is 11.1 Å². The number of oxazole rings is 1. The Morgan fingerprint density at radius 1 is 1.11 bits per heavy atom. The first kappa shape index (κ1) is 19.4. The third kappa shape index (κ3) is 3.99. The van der Waals surface area contributed by atoms with E-state index < -0.39 is 23.1 Å². The van der Waals surface area contributed by atoms with Crippen LogP contribution in [0.4, 0.5) is 14.8 Å². The second kappa shape index (κ2) is 6.98. The van der Waals surface area contributed by atoms with Crippen LogP contribution in [0.3, 0.4) is 0 Å². The molecule has 0 atom stereocenters. The van der Waals surface area contributed by atoms with Crippen molar-refractivity contribution in [1.29, 1.82) is 0 Å². The summed E-state index contributed by atoms with van der Waals surface area (Å²) >= 11 is 11.9. The Kier molecular flexibility index (Phi) is 5.01. The lowest BCUT2D eigenvalue weighted by molar-refractivity contribution is 0.0644. The van der Waals surface area contributed by atoms with Crippen molar-refractivity contribution >= 4 is 46.2 Å². The van der Waals surface area contributed by atoms with Crippen LogP contribution in [0.2, 0.25) is 10.0 Å². The van der Waals surface area contributed by atoms with Crippen LogP contribution in [-0.2, 0) is 0 Å². The van der Waals surface area contributed by atoms with Gasteiger partial charge in [0.2, 0.25) is 0 Å². The summed E-state index contributed by atoms with van der Waals surface area (Å²) in [5.41, 5.74) is 1.55. The van der Waals surface area contributed by atoms with E-state index in [9.17, 15) is 13.6 Å². The molecule has 0 radical (unpaired) electrons. The zero-order valence-electron chi connectivity index (χ0n) is 14.6. The van der Waals surface area contributed by atoms with Gasteiger partial charge in [0.1, 0.15) is 0 Å². The number of anilines is 1.